The van der Waals surface area contributed by atoms with Crippen molar-refractivity contribution in [1.82, 2.24) is 14.8 Å². The van der Waals surface area contributed by atoms with Crippen molar-refractivity contribution in [2.75, 3.05) is 30.9 Å². The fraction of sp³-hybridized carbons (Fsp3) is 0.387. The van der Waals surface area contributed by atoms with Gasteiger partial charge in [-0.25, -0.2) is 12.8 Å². The van der Waals surface area contributed by atoms with E-state index in [4.69, 9.17) is 0 Å². The van der Waals surface area contributed by atoms with E-state index in [0.717, 1.165) is 36.8 Å². The van der Waals surface area contributed by atoms with Gasteiger partial charge in [-0.05, 0) is 73.2 Å². The first-order chi connectivity index (χ1) is 19.8. The second-order valence-corrected chi connectivity index (χ2v) is 12.3. The van der Waals surface area contributed by atoms with Gasteiger partial charge in [-0.2, -0.15) is 0 Å². The first-order valence-corrected chi connectivity index (χ1v) is 15.7. The zero-order chi connectivity index (χ0) is 28.8. The molecule has 216 valence electrons. The Balaban J connectivity index is 1.23. The fourth-order valence-electron chi connectivity index (χ4n) is 5.75. The normalized spacial score (nSPS) is 17.2. The third-order valence-corrected chi connectivity index (χ3v) is 9.25. The summed E-state index contributed by atoms with van der Waals surface area (Å²) in [7, 11) is -3.91. The highest BCUT2D eigenvalue weighted by Crippen LogP contribution is 2.40. The highest BCUT2D eigenvalue weighted by molar-refractivity contribution is 7.92. The van der Waals surface area contributed by atoms with E-state index >= 15 is 0 Å². The molecule has 1 aromatic heterocycles. The number of carbonyl (C=O) groups is 1. The molecule has 2 heterocycles. The summed E-state index contributed by atoms with van der Waals surface area (Å²) >= 11 is 0. The number of aromatic nitrogens is 1. The first kappa shape index (κ1) is 28.9. The van der Waals surface area contributed by atoms with Crippen molar-refractivity contribution in [3.05, 3.63) is 83.4 Å². The minimum Gasteiger partial charge on any atom is -0.336 e. The van der Waals surface area contributed by atoms with Gasteiger partial charge >= 0.3 is 0 Å². The number of piperazine rings is 1. The van der Waals surface area contributed by atoms with Crippen LogP contribution in [-0.4, -0.2) is 61.5 Å². The fourth-order valence-corrected chi connectivity index (χ4v) is 6.99. The van der Waals surface area contributed by atoms with Gasteiger partial charge in [-0.1, -0.05) is 31.4 Å². The number of pyridine rings is 1. The molecule has 2 fully saturated rings. The standard InChI is InChI=1S/C31H36FN5O3S/c1-2-34-30-28(24-7-4-3-5-8-24)9-6-10-29(30)41(39,40)35-27-13-11-25(12-14-27)31(38)37-17-15-36(16-18-37)22-23-19-26(32)21-33-20-23/h2,6,9-14,19-21,24,35H,3-5,7-8,15-18,22H2,1H3. The molecule has 0 unspecified atom stereocenters. The molecular formula is C31H36FN5O3S. The number of rotatable bonds is 8. The Hall–Kier alpha value is -3.63. The molecule has 1 aliphatic carbocycles. The number of nitrogens with one attached hydrogen (secondary N) is 1. The topological polar surface area (TPSA) is 95.0 Å². The van der Waals surface area contributed by atoms with Crippen LogP contribution in [-0.2, 0) is 16.6 Å². The Morgan fingerprint density at radius 1 is 1.05 bits per heavy atom. The summed E-state index contributed by atoms with van der Waals surface area (Å²) in [5, 5.41) is 0. The molecule has 1 saturated heterocycles. The molecule has 0 radical (unpaired) electrons. The molecule has 8 nitrogen and oxygen atoms in total. The number of halogens is 1. The third kappa shape index (κ3) is 7.00. The SMILES string of the molecule is CC=Nc1c(C2CCCCC2)cccc1S(=O)(=O)Nc1ccc(C(=O)N2CCN(Cc3cncc(F)c3)CC2)cc1. The molecule has 0 bridgehead atoms. The summed E-state index contributed by atoms with van der Waals surface area (Å²) < 4.78 is 43.1. The zero-order valence-corrected chi connectivity index (χ0v) is 24.1. The lowest BCUT2D eigenvalue weighted by Crippen LogP contribution is -2.48. The van der Waals surface area contributed by atoms with Crippen LogP contribution in [0.3, 0.4) is 0 Å². The average molecular weight is 578 g/mol. The lowest BCUT2D eigenvalue weighted by Gasteiger charge is -2.34. The summed E-state index contributed by atoms with van der Waals surface area (Å²) in [6.45, 7) is 4.81. The summed E-state index contributed by atoms with van der Waals surface area (Å²) in [5.74, 6) is -0.153. The van der Waals surface area contributed by atoms with E-state index in [9.17, 15) is 17.6 Å². The largest absolute Gasteiger partial charge is 0.336 e. The molecule has 1 amide bonds. The molecular weight excluding hydrogens is 541 g/mol. The van der Waals surface area contributed by atoms with E-state index in [1.807, 2.05) is 6.07 Å². The third-order valence-electron chi connectivity index (χ3n) is 7.83. The number of sulfonamides is 1. The van der Waals surface area contributed by atoms with Gasteiger partial charge in [0.1, 0.15) is 10.7 Å². The molecule has 10 heteroatoms. The molecule has 1 saturated carbocycles. The van der Waals surface area contributed by atoms with Gasteiger partial charge in [-0.3, -0.25) is 24.4 Å². The highest BCUT2D eigenvalue weighted by Gasteiger charge is 2.26. The summed E-state index contributed by atoms with van der Waals surface area (Å²) in [5.41, 5.74) is 3.17. The summed E-state index contributed by atoms with van der Waals surface area (Å²) in [4.78, 5) is 25.6. The van der Waals surface area contributed by atoms with Gasteiger partial charge in [0.15, 0.2) is 0 Å². The predicted molar refractivity (Wildman–Crippen MR) is 159 cm³/mol. The van der Waals surface area contributed by atoms with E-state index in [1.54, 1.807) is 60.6 Å². The van der Waals surface area contributed by atoms with Crippen LogP contribution < -0.4 is 4.72 Å². The van der Waals surface area contributed by atoms with Crippen LogP contribution in [0.15, 0.2) is 70.8 Å². The van der Waals surface area contributed by atoms with Crippen LogP contribution in [0.4, 0.5) is 15.8 Å². The van der Waals surface area contributed by atoms with Crippen LogP contribution >= 0.6 is 0 Å². The Morgan fingerprint density at radius 3 is 2.46 bits per heavy atom. The molecule has 2 aliphatic rings. The van der Waals surface area contributed by atoms with Gasteiger partial charge in [0, 0.05) is 56.4 Å². The predicted octanol–water partition coefficient (Wildman–Crippen LogP) is 5.75. The number of amides is 1. The maximum Gasteiger partial charge on any atom is 0.264 e. The zero-order valence-electron chi connectivity index (χ0n) is 23.3. The molecule has 41 heavy (non-hydrogen) atoms. The van der Waals surface area contributed by atoms with Gasteiger partial charge in [0.25, 0.3) is 15.9 Å². The van der Waals surface area contributed by atoms with Crippen molar-refractivity contribution in [3.63, 3.8) is 0 Å². The van der Waals surface area contributed by atoms with Gasteiger partial charge in [-0.15, -0.1) is 0 Å². The van der Waals surface area contributed by atoms with E-state index in [1.165, 1.54) is 18.7 Å². The number of hydrogen-bond donors (Lipinski definition) is 1. The number of anilines is 1. The van der Waals surface area contributed by atoms with Crippen LogP contribution in [0.5, 0.6) is 0 Å². The number of benzene rings is 2. The molecule has 1 N–H and O–H groups in total. The van der Waals surface area contributed by atoms with E-state index in [-0.39, 0.29) is 16.6 Å². The molecule has 2 aromatic carbocycles. The first-order valence-electron chi connectivity index (χ1n) is 14.2. The maximum absolute atomic E-state index is 13.5. The minimum absolute atomic E-state index is 0.105. The lowest BCUT2D eigenvalue weighted by molar-refractivity contribution is 0.0628. The minimum atomic E-state index is -3.91. The molecule has 0 spiro atoms. The van der Waals surface area contributed by atoms with Gasteiger partial charge in [0.05, 0.1) is 11.9 Å². The smallest absolute Gasteiger partial charge is 0.264 e. The Bertz CT molecular complexity index is 1500. The number of aliphatic imine (C=N–C) groups is 1. The molecule has 1 aliphatic heterocycles. The van der Waals surface area contributed by atoms with Crippen molar-refractivity contribution >= 4 is 33.5 Å². The van der Waals surface area contributed by atoms with Crippen molar-refractivity contribution in [2.24, 2.45) is 4.99 Å². The van der Waals surface area contributed by atoms with E-state index in [0.29, 0.717) is 55.6 Å². The van der Waals surface area contributed by atoms with E-state index < -0.39 is 10.0 Å². The average Bonchev–Trinajstić information content (AvgIpc) is 2.98. The Kier molecular flexibility index (Phi) is 9.09. The lowest BCUT2D eigenvalue weighted by atomic mass is 9.83. The Morgan fingerprint density at radius 2 is 1.78 bits per heavy atom. The second-order valence-electron chi connectivity index (χ2n) is 10.7. The van der Waals surface area contributed by atoms with Gasteiger partial charge < -0.3 is 4.90 Å². The summed E-state index contributed by atoms with van der Waals surface area (Å²) in [6, 6.07) is 13.4. The quantitative estimate of drug-likeness (QED) is 0.344. The maximum atomic E-state index is 13.5. The second kappa shape index (κ2) is 12.9. The number of hydrogen-bond acceptors (Lipinski definition) is 6. The van der Waals surface area contributed by atoms with Crippen molar-refractivity contribution in [2.45, 2.75) is 56.4 Å². The van der Waals surface area contributed by atoms with Crippen LogP contribution in [0.25, 0.3) is 0 Å². The molecule has 3 aromatic rings. The van der Waals surface area contributed by atoms with Gasteiger partial charge in [0.2, 0.25) is 0 Å². The molecule has 5 rings (SSSR count). The number of carbonyl (C=O) groups excluding carboxylic acids is 1. The van der Waals surface area contributed by atoms with E-state index in [2.05, 4.69) is 19.6 Å². The Labute approximate surface area is 241 Å². The van der Waals surface area contributed by atoms with Crippen LogP contribution in [0, 0.1) is 5.82 Å². The van der Waals surface area contributed by atoms with Crippen LogP contribution in [0.2, 0.25) is 0 Å². The number of nitrogens with zero attached hydrogens (tertiary/aromatic N) is 4. The molecule has 0 atom stereocenters. The van der Waals surface area contributed by atoms with Crippen molar-refractivity contribution in [1.29, 1.82) is 0 Å². The van der Waals surface area contributed by atoms with Crippen molar-refractivity contribution < 1.29 is 17.6 Å². The highest BCUT2D eigenvalue weighted by atomic mass is 32.2. The van der Waals surface area contributed by atoms with Crippen molar-refractivity contribution in [3.8, 4) is 0 Å². The monoisotopic (exact) mass is 577 g/mol. The summed E-state index contributed by atoms with van der Waals surface area (Å²) in [6.07, 6.45) is 10.1. The number of para-hydroxylation sites is 1. The van der Waals surface area contributed by atoms with Crippen LogP contribution in [0.1, 0.15) is 66.4 Å².